The van der Waals surface area contributed by atoms with Gasteiger partial charge in [-0.1, -0.05) is 42.1 Å². The summed E-state index contributed by atoms with van der Waals surface area (Å²) < 4.78 is 7.30. The Kier molecular flexibility index (Phi) is 5.16. The highest BCUT2D eigenvalue weighted by atomic mass is 32.2. The molecule has 0 bridgehead atoms. The van der Waals surface area contributed by atoms with Crippen molar-refractivity contribution in [2.75, 3.05) is 5.75 Å². The number of carbonyl (C=O) groups is 1. The molecule has 3 rings (SSSR count). The van der Waals surface area contributed by atoms with Crippen molar-refractivity contribution in [3.63, 3.8) is 0 Å². The summed E-state index contributed by atoms with van der Waals surface area (Å²) in [5.41, 5.74) is 1.09. The lowest BCUT2D eigenvalue weighted by Gasteiger charge is -2.07. The van der Waals surface area contributed by atoms with Crippen molar-refractivity contribution in [1.29, 1.82) is 0 Å². The van der Waals surface area contributed by atoms with Gasteiger partial charge in [-0.25, -0.2) is 4.98 Å². The van der Waals surface area contributed by atoms with Crippen LogP contribution in [0.15, 0.2) is 70.7 Å². The molecule has 2 aromatic heterocycles. The maximum Gasteiger partial charge on any atom is 0.230 e. The van der Waals surface area contributed by atoms with Crippen molar-refractivity contribution in [3.05, 3.63) is 72.4 Å². The van der Waals surface area contributed by atoms with Gasteiger partial charge < -0.3 is 14.3 Å². The maximum atomic E-state index is 12.0. The quantitative estimate of drug-likeness (QED) is 0.678. The minimum atomic E-state index is -0.00796. The number of imidazole rings is 1. The molecule has 118 valence electrons. The van der Waals surface area contributed by atoms with E-state index in [1.807, 2.05) is 53.2 Å². The maximum absolute atomic E-state index is 12.0. The number of furan rings is 1. The summed E-state index contributed by atoms with van der Waals surface area (Å²) in [5, 5.41) is 3.71. The zero-order chi connectivity index (χ0) is 15.9. The summed E-state index contributed by atoms with van der Waals surface area (Å²) >= 11 is 1.42. The molecule has 1 N–H and O–H groups in total. The van der Waals surface area contributed by atoms with Crippen LogP contribution < -0.4 is 5.32 Å². The Morgan fingerprint density at radius 2 is 2.09 bits per heavy atom. The molecule has 1 aromatic carbocycles. The third-order valence-electron chi connectivity index (χ3n) is 3.25. The van der Waals surface area contributed by atoms with Crippen LogP contribution in [0, 0.1) is 0 Å². The summed E-state index contributed by atoms with van der Waals surface area (Å²) in [6, 6.07) is 13.6. The van der Waals surface area contributed by atoms with Gasteiger partial charge in [0.15, 0.2) is 5.16 Å². The Morgan fingerprint density at radius 1 is 1.22 bits per heavy atom. The predicted octanol–water partition coefficient (Wildman–Crippen LogP) is 2.93. The molecule has 23 heavy (non-hydrogen) atoms. The molecule has 0 spiro atoms. The standard InChI is InChI=1S/C17H17N3O2S/c21-16(19-11-14-5-2-1-3-6-14)13-23-17-18-8-9-20(17)12-15-7-4-10-22-15/h1-10H,11-13H2,(H,19,21). The first-order valence-electron chi connectivity index (χ1n) is 7.28. The molecule has 2 heterocycles. The highest BCUT2D eigenvalue weighted by molar-refractivity contribution is 7.99. The molecule has 0 saturated heterocycles. The highest BCUT2D eigenvalue weighted by Gasteiger charge is 2.09. The van der Waals surface area contributed by atoms with E-state index in [0.717, 1.165) is 16.5 Å². The van der Waals surface area contributed by atoms with Crippen molar-refractivity contribution < 1.29 is 9.21 Å². The molecular formula is C17H17N3O2S. The van der Waals surface area contributed by atoms with E-state index in [2.05, 4.69) is 10.3 Å². The molecular weight excluding hydrogens is 310 g/mol. The average Bonchev–Trinajstić information content (AvgIpc) is 3.24. The van der Waals surface area contributed by atoms with Gasteiger partial charge in [-0.15, -0.1) is 0 Å². The van der Waals surface area contributed by atoms with Gasteiger partial charge in [-0.05, 0) is 17.7 Å². The van der Waals surface area contributed by atoms with E-state index in [1.165, 1.54) is 11.8 Å². The third kappa shape index (κ3) is 4.50. The number of thioether (sulfide) groups is 1. The van der Waals surface area contributed by atoms with Gasteiger partial charge in [0.2, 0.25) is 5.91 Å². The van der Waals surface area contributed by atoms with Gasteiger partial charge >= 0.3 is 0 Å². The predicted molar refractivity (Wildman–Crippen MR) is 89.0 cm³/mol. The Hall–Kier alpha value is -2.47. The monoisotopic (exact) mass is 327 g/mol. The van der Waals surface area contributed by atoms with E-state index in [0.29, 0.717) is 18.8 Å². The summed E-state index contributed by atoms with van der Waals surface area (Å²) in [4.78, 5) is 16.2. The van der Waals surface area contributed by atoms with Crippen molar-refractivity contribution in [2.45, 2.75) is 18.2 Å². The fourth-order valence-electron chi connectivity index (χ4n) is 2.10. The van der Waals surface area contributed by atoms with Crippen LogP contribution in [0.2, 0.25) is 0 Å². The third-order valence-corrected chi connectivity index (χ3v) is 4.25. The number of benzene rings is 1. The second-order valence-corrected chi connectivity index (χ2v) is 5.91. The molecule has 0 aliphatic heterocycles. The second-order valence-electron chi connectivity index (χ2n) is 4.97. The van der Waals surface area contributed by atoms with Crippen LogP contribution >= 0.6 is 11.8 Å². The minimum absolute atomic E-state index is 0.00796. The molecule has 5 nitrogen and oxygen atoms in total. The highest BCUT2D eigenvalue weighted by Crippen LogP contribution is 2.17. The van der Waals surface area contributed by atoms with E-state index in [1.54, 1.807) is 12.5 Å². The van der Waals surface area contributed by atoms with Gasteiger partial charge in [-0.3, -0.25) is 4.79 Å². The number of amides is 1. The van der Waals surface area contributed by atoms with Crippen LogP contribution in [-0.4, -0.2) is 21.2 Å². The molecule has 0 unspecified atom stereocenters. The van der Waals surface area contributed by atoms with Crippen molar-refractivity contribution in [1.82, 2.24) is 14.9 Å². The number of nitrogens with one attached hydrogen (secondary N) is 1. The van der Waals surface area contributed by atoms with Gasteiger partial charge in [0.1, 0.15) is 5.76 Å². The summed E-state index contributed by atoms with van der Waals surface area (Å²) in [6.07, 6.45) is 5.26. The van der Waals surface area contributed by atoms with Crippen LogP contribution in [0.4, 0.5) is 0 Å². The lowest BCUT2D eigenvalue weighted by atomic mass is 10.2. The number of nitrogens with zero attached hydrogens (tertiary/aromatic N) is 2. The van der Waals surface area contributed by atoms with Crippen LogP contribution in [-0.2, 0) is 17.9 Å². The zero-order valence-corrected chi connectivity index (χ0v) is 13.3. The zero-order valence-electron chi connectivity index (χ0n) is 12.5. The minimum Gasteiger partial charge on any atom is -0.467 e. The number of rotatable bonds is 7. The number of carbonyl (C=O) groups excluding carboxylic acids is 1. The molecule has 0 aliphatic carbocycles. The summed E-state index contributed by atoms with van der Waals surface area (Å²) in [6.45, 7) is 1.15. The molecule has 1 amide bonds. The topological polar surface area (TPSA) is 60.1 Å². The van der Waals surface area contributed by atoms with Crippen LogP contribution in [0.3, 0.4) is 0 Å². The molecule has 0 radical (unpaired) electrons. The molecule has 6 heteroatoms. The van der Waals surface area contributed by atoms with E-state index in [9.17, 15) is 4.79 Å². The lowest BCUT2D eigenvalue weighted by Crippen LogP contribution is -2.24. The molecule has 0 fully saturated rings. The van der Waals surface area contributed by atoms with E-state index >= 15 is 0 Å². The van der Waals surface area contributed by atoms with Crippen LogP contribution in [0.1, 0.15) is 11.3 Å². The van der Waals surface area contributed by atoms with Gasteiger partial charge in [0, 0.05) is 18.9 Å². The van der Waals surface area contributed by atoms with Crippen molar-refractivity contribution in [2.24, 2.45) is 0 Å². The van der Waals surface area contributed by atoms with Crippen LogP contribution in [0.5, 0.6) is 0 Å². The van der Waals surface area contributed by atoms with Crippen LogP contribution in [0.25, 0.3) is 0 Å². The molecule has 0 saturated carbocycles. The largest absolute Gasteiger partial charge is 0.467 e. The normalized spacial score (nSPS) is 10.6. The average molecular weight is 327 g/mol. The first-order valence-corrected chi connectivity index (χ1v) is 8.27. The van der Waals surface area contributed by atoms with E-state index in [4.69, 9.17) is 4.42 Å². The molecule has 0 aliphatic rings. The summed E-state index contributed by atoms with van der Waals surface area (Å²) in [7, 11) is 0. The van der Waals surface area contributed by atoms with Gasteiger partial charge in [0.25, 0.3) is 0 Å². The van der Waals surface area contributed by atoms with Crippen molar-refractivity contribution in [3.8, 4) is 0 Å². The Bertz CT molecular complexity index is 738. The van der Waals surface area contributed by atoms with Gasteiger partial charge in [-0.2, -0.15) is 0 Å². The Labute approximate surface area is 138 Å². The molecule has 0 atom stereocenters. The SMILES string of the molecule is O=C(CSc1nccn1Cc1ccco1)NCc1ccccc1. The Balaban J connectivity index is 1.48. The smallest absolute Gasteiger partial charge is 0.230 e. The number of aromatic nitrogens is 2. The number of hydrogen-bond donors (Lipinski definition) is 1. The second kappa shape index (κ2) is 7.69. The van der Waals surface area contributed by atoms with Crippen molar-refractivity contribution >= 4 is 17.7 Å². The van der Waals surface area contributed by atoms with E-state index < -0.39 is 0 Å². The first kappa shape index (κ1) is 15.4. The lowest BCUT2D eigenvalue weighted by molar-refractivity contribution is -0.118. The fourth-order valence-corrected chi connectivity index (χ4v) is 2.89. The number of hydrogen-bond acceptors (Lipinski definition) is 4. The van der Waals surface area contributed by atoms with E-state index in [-0.39, 0.29) is 5.91 Å². The summed E-state index contributed by atoms with van der Waals surface area (Å²) in [5.74, 6) is 1.19. The van der Waals surface area contributed by atoms with Gasteiger partial charge in [0.05, 0.1) is 18.6 Å². The molecule has 3 aromatic rings. The first-order chi connectivity index (χ1) is 11.3. The fraction of sp³-hybridized carbons (Fsp3) is 0.176. The Morgan fingerprint density at radius 3 is 2.87 bits per heavy atom.